The summed E-state index contributed by atoms with van der Waals surface area (Å²) < 4.78 is 4.94. The molecule has 5 heteroatoms. The minimum Gasteiger partial charge on any atom is -0.481 e. The number of pyridine rings is 1. The summed E-state index contributed by atoms with van der Waals surface area (Å²) in [6.07, 6.45) is 2.58. The van der Waals surface area contributed by atoms with Crippen molar-refractivity contribution in [3.63, 3.8) is 0 Å². The number of hydrogen-bond acceptors (Lipinski definition) is 4. The summed E-state index contributed by atoms with van der Waals surface area (Å²) in [5.74, 6) is -0.345. The Kier molecular flexibility index (Phi) is 4.31. The van der Waals surface area contributed by atoms with E-state index in [9.17, 15) is 9.90 Å². The van der Waals surface area contributed by atoms with Gasteiger partial charge in [0.1, 0.15) is 5.54 Å². The smallest absolute Gasteiger partial charge is 0.329 e. The monoisotopic (exact) mass is 238 g/mol. The summed E-state index contributed by atoms with van der Waals surface area (Å²) in [4.78, 5) is 15.3. The Labute approximate surface area is 101 Å². The van der Waals surface area contributed by atoms with Crippen LogP contribution in [0.5, 0.6) is 5.88 Å². The number of aliphatic carboxylic acids is 1. The summed E-state index contributed by atoms with van der Waals surface area (Å²) in [5.41, 5.74) is -0.257. The molecular formula is C12H18N2O3. The zero-order chi connectivity index (χ0) is 12.9. The molecule has 2 N–H and O–H groups in total. The quantitative estimate of drug-likeness (QED) is 0.794. The number of hydrogen-bond donors (Lipinski definition) is 2. The molecule has 0 aliphatic rings. The van der Waals surface area contributed by atoms with Crippen molar-refractivity contribution in [2.75, 3.05) is 12.4 Å². The van der Waals surface area contributed by atoms with Gasteiger partial charge in [0.05, 0.1) is 19.0 Å². The molecule has 0 amide bonds. The van der Waals surface area contributed by atoms with Crippen LogP contribution in [-0.4, -0.2) is 28.7 Å². The number of nitrogens with zero attached hydrogens (tertiary/aromatic N) is 1. The van der Waals surface area contributed by atoms with Gasteiger partial charge in [0.25, 0.3) is 0 Å². The third-order valence-corrected chi connectivity index (χ3v) is 2.95. The molecule has 94 valence electrons. The van der Waals surface area contributed by atoms with Crippen molar-refractivity contribution in [3.05, 3.63) is 18.3 Å². The molecule has 0 unspecified atom stereocenters. The highest BCUT2D eigenvalue weighted by molar-refractivity contribution is 5.82. The molecule has 0 atom stereocenters. The van der Waals surface area contributed by atoms with Gasteiger partial charge in [-0.15, -0.1) is 0 Å². The van der Waals surface area contributed by atoms with E-state index in [1.54, 1.807) is 18.3 Å². The Hall–Kier alpha value is -1.78. The van der Waals surface area contributed by atoms with Gasteiger partial charge < -0.3 is 15.2 Å². The van der Waals surface area contributed by atoms with Gasteiger partial charge in [-0.3, -0.25) is 0 Å². The minimum absolute atomic E-state index is 0.504. The lowest BCUT2D eigenvalue weighted by Gasteiger charge is -2.29. The molecule has 5 nitrogen and oxygen atoms in total. The lowest BCUT2D eigenvalue weighted by Crippen LogP contribution is -2.45. The predicted octanol–water partition coefficient (Wildman–Crippen LogP) is 2.15. The highest BCUT2D eigenvalue weighted by Gasteiger charge is 2.34. The first-order valence-corrected chi connectivity index (χ1v) is 5.59. The van der Waals surface area contributed by atoms with Crippen LogP contribution in [-0.2, 0) is 4.79 Å². The third kappa shape index (κ3) is 2.87. The van der Waals surface area contributed by atoms with Gasteiger partial charge in [-0.25, -0.2) is 9.78 Å². The number of rotatable bonds is 6. The van der Waals surface area contributed by atoms with Crippen LogP contribution in [0.1, 0.15) is 26.7 Å². The fraction of sp³-hybridized carbons (Fsp3) is 0.500. The average Bonchev–Trinajstić information content (AvgIpc) is 2.36. The highest BCUT2D eigenvalue weighted by Crippen LogP contribution is 2.23. The van der Waals surface area contributed by atoms with Crippen LogP contribution >= 0.6 is 0 Å². The van der Waals surface area contributed by atoms with Gasteiger partial charge >= 0.3 is 5.97 Å². The van der Waals surface area contributed by atoms with Crippen LogP contribution in [0.15, 0.2) is 18.3 Å². The first kappa shape index (κ1) is 13.3. The number of carboxylic acids is 1. The van der Waals surface area contributed by atoms with E-state index >= 15 is 0 Å². The molecule has 0 spiro atoms. The summed E-state index contributed by atoms with van der Waals surface area (Å²) >= 11 is 0. The Morgan fingerprint density at radius 3 is 2.47 bits per heavy atom. The largest absolute Gasteiger partial charge is 0.481 e. The van der Waals surface area contributed by atoms with E-state index < -0.39 is 11.5 Å². The number of aromatic nitrogens is 1. The lowest BCUT2D eigenvalue weighted by atomic mass is 9.92. The predicted molar refractivity (Wildman–Crippen MR) is 65.4 cm³/mol. The minimum atomic E-state index is -0.934. The standard InChI is InChI=1S/C12H18N2O3/c1-4-12(5-2,11(15)16)14-9-6-7-10(17-3)13-8-9/h6-8,14H,4-5H2,1-3H3,(H,15,16). The topological polar surface area (TPSA) is 71.5 Å². The van der Waals surface area contributed by atoms with Crippen LogP contribution in [0.2, 0.25) is 0 Å². The second-order valence-corrected chi connectivity index (χ2v) is 3.81. The van der Waals surface area contributed by atoms with Gasteiger partial charge in [-0.05, 0) is 18.9 Å². The molecule has 17 heavy (non-hydrogen) atoms. The molecule has 0 radical (unpaired) electrons. The van der Waals surface area contributed by atoms with Gasteiger partial charge in [0, 0.05) is 6.07 Å². The molecule has 1 aromatic rings. The lowest BCUT2D eigenvalue weighted by molar-refractivity contribution is -0.142. The van der Waals surface area contributed by atoms with E-state index in [0.717, 1.165) is 0 Å². The average molecular weight is 238 g/mol. The zero-order valence-electron chi connectivity index (χ0n) is 10.4. The summed E-state index contributed by atoms with van der Waals surface area (Å²) in [6, 6.07) is 3.45. The molecule has 0 aliphatic heterocycles. The molecule has 1 aromatic heterocycles. The van der Waals surface area contributed by atoms with Crippen molar-refractivity contribution >= 4 is 11.7 Å². The second-order valence-electron chi connectivity index (χ2n) is 3.81. The van der Waals surface area contributed by atoms with E-state index in [1.807, 2.05) is 13.8 Å². The van der Waals surface area contributed by atoms with Gasteiger partial charge in [-0.1, -0.05) is 13.8 Å². The first-order valence-electron chi connectivity index (χ1n) is 5.59. The summed E-state index contributed by atoms with van der Waals surface area (Å²) in [6.45, 7) is 3.70. The molecule has 0 saturated carbocycles. The third-order valence-electron chi connectivity index (χ3n) is 2.95. The first-order chi connectivity index (χ1) is 8.07. The Morgan fingerprint density at radius 1 is 1.47 bits per heavy atom. The van der Waals surface area contributed by atoms with E-state index in [0.29, 0.717) is 24.4 Å². The number of methoxy groups -OCH3 is 1. The Balaban J connectivity index is 2.89. The second kappa shape index (κ2) is 5.52. The number of ether oxygens (including phenoxy) is 1. The van der Waals surface area contributed by atoms with Crippen LogP contribution in [0.25, 0.3) is 0 Å². The van der Waals surface area contributed by atoms with E-state index in [-0.39, 0.29) is 0 Å². The van der Waals surface area contributed by atoms with Crippen molar-refractivity contribution in [2.45, 2.75) is 32.2 Å². The van der Waals surface area contributed by atoms with E-state index in [4.69, 9.17) is 4.74 Å². The number of nitrogens with one attached hydrogen (secondary N) is 1. The maximum absolute atomic E-state index is 11.3. The molecular weight excluding hydrogens is 220 g/mol. The maximum atomic E-state index is 11.3. The summed E-state index contributed by atoms with van der Waals surface area (Å²) in [5, 5.41) is 12.3. The zero-order valence-corrected chi connectivity index (χ0v) is 10.4. The van der Waals surface area contributed by atoms with Crippen molar-refractivity contribution in [3.8, 4) is 5.88 Å². The molecule has 1 heterocycles. The fourth-order valence-electron chi connectivity index (χ4n) is 1.63. The van der Waals surface area contributed by atoms with Gasteiger partial charge in [0.15, 0.2) is 0 Å². The molecule has 0 saturated heterocycles. The van der Waals surface area contributed by atoms with Crippen molar-refractivity contribution in [1.82, 2.24) is 4.98 Å². The Morgan fingerprint density at radius 2 is 2.12 bits per heavy atom. The molecule has 1 rings (SSSR count). The molecule has 0 aliphatic carbocycles. The molecule has 0 aromatic carbocycles. The van der Waals surface area contributed by atoms with Crippen LogP contribution in [0.4, 0.5) is 5.69 Å². The Bertz CT molecular complexity index is 372. The van der Waals surface area contributed by atoms with Crippen molar-refractivity contribution in [1.29, 1.82) is 0 Å². The number of carbonyl (C=O) groups is 1. The van der Waals surface area contributed by atoms with Gasteiger partial charge in [0.2, 0.25) is 5.88 Å². The van der Waals surface area contributed by atoms with Gasteiger partial charge in [-0.2, -0.15) is 0 Å². The van der Waals surface area contributed by atoms with Crippen LogP contribution in [0, 0.1) is 0 Å². The molecule has 0 fully saturated rings. The van der Waals surface area contributed by atoms with E-state index in [2.05, 4.69) is 10.3 Å². The summed E-state index contributed by atoms with van der Waals surface area (Å²) in [7, 11) is 1.54. The normalized spacial score (nSPS) is 11.0. The highest BCUT2D eigenvalue weighted by atomic mass is 16.5. The van der Waals surface area contributed by atoms with Crippen LogP contribution in [0.3, 0.4) is 0 Å². The fourth-order valence-corrected chi connectivity index (χ4v) is 1.63. The van der Waals surface area contributed by atoms with E-state index in [1.165, 1.54) is 7.11 Å². The SMILES string of the molecule is CCC(CC)(Nc1ccc(OC)nc1)C(=O)O. The van der Waals surface area contributed by atoms with Crippen molar-refractivity contribution in [2.24, 2.45) is 0 Å². The molecule has 0 bridgehead atoms. The number of carboxylic acid groups (broad SMARTS) is 1. The van der Waals surface area contributed by atoms with Crippen LogP contribution < -0.4 is 10.1 Å². The van der Waals surface area contributed by atoms with Crippen molar-refractivity contribution < 1.29 is 14.6 Å². The maximum Gasteiger partial charge on any atom is 0.329 e. The number of anilines is 1.